The molecule has 0 spiro atoms. The summed E-state index contributed by atoms with van der Waals surface area (Å²) in [6, 6.07) is 6.78. The summed E-state index contributed by atoms with van der Waals surface area (Å²) in [7, 11) is 0. The van der Waals surface area contributed by atoms with Gasteiger partial charge in [0.2, 0.25) is 0 Å². The van der Waals surface area contributed by atoms with Crippen LogP contribution in [0, 0.1) is 27.4 Å². The number of nitrogens with one attached hydrogen (secondary N) is 1. The quantitative estimate of drug-likeness (QED) is 0.668. The van der Waals surface area contributed by atoms with Crippen LogP contribution in [0.15, 0.2) is 18.2 Å². The Bertz CT molecular complexity index is 582. The molecule has 0 radical (unpaired) electrons. The van der Waals surface area contributed by atoms with Gasteiger partial charge in [0.1, 0.15) is 5.69 Å². The molecule has 1 aliphatic rings. The molecule has 1 aromatic rings. The smallest absolute Gasteiger partial charge is 0.293 e. The summed E-state index contributed by atoms with van der Waals surface area (Å²) in [5.74, 6) is 0.709. The fraction of sp³-hybridized carbons (Fsp3) is 0.562. The Balaban J connectivity index is 2.02. The first-order valence-corrected chi connectivity index (χ1v) is 7.67. The number of benzene rings is 1. The Morgan fingerprint density at radius 3 is 3.00 bits per heavy atom. The van der Waals surface area contributed by atoms with Crippen LogP contribution in [0.25, 0.3) is 0 Å². The first kappa shape index (κ1) is 16.2. The van der Waals surface area contributed by atoms with Crippen molar-refractivity contribution in [1.82, 2.24) is 4.90 Å². The maximum absolute atomic E-state index is 11.1. The molecule has 1 heterocycles. The van der Waals surface area contributed by atoms with Crippen LogP contribution < -0.4 is 5.32 Å². The van der Waals surface area contributed by atoms with Gasteiger partial charge in [0.05, 0.1) is 16.6 Å². The van der Waals surface area contributed by atoms with Gasteiger partial charge in [-0.1, -0.05) is 6.92 Å². The van der Waals surface area contributed by atoms with Crippen molar-refractivity contribution in [2.75, 3.05) is 25.0 Å². The molecule has 6 heteroatoms. The van der Waals surface area contributed by atoms with Gasteiger partial charge >= 0.3 is 0 Å². The van der Waals surface area contributed by atoms with E-state index in [0.29, 0.717) is 29.8 Å². The van der Waals surface area contributed by atoms with Crippen LogP contribution in [0.1, 0.15) is 32.3 Å². The van der Waals surface area contributed by atoms with Crippen LogP contribution in [0.5, 0.6) is 0 Å². The molecule has 1 saturated heterocycles. The van der Waals surface area contributed by atoms with E-state index in [1.165, 1.54) is 18.9 Å². The molecule has 1 aromatic carbocycles. The highest BCUT2D eigenvalue weighted by atomic mass is 16.6. The third kappa shape index (κ3) is 3.95. The van der Waals surface area contributed by atoms with Crippen molar-refractivity contribution in [3.8, 4) is 6.07 Å². The third-order valence-electron chi connectivity index (χ3n) is 4.22. The Hall–Kier alpha value is -2.13. The predicted molar refractivity (Wildman–Crippen MR) is 85.7 cm³/mol. The number of hydrogen-bond donors (Lipinski definition) is 1. The van der Waals surface area contributed by atoms with E-state index in [1.807, 2.05) is 6.07 Å². The molecule has 0 aromatic heterocycles. The van der Waals surface area contributed by atoms with Gasteiger partial charge in [-0.2, -0.15) is 5.26 Å². The molecule has 0 amide bonds. The highest BCUT2D eigenvalue weighted by Crippen LogP contribution is 2.26. The number of hydrogen-bond acceptors (Lipinski definition) is 5. The fourth-order valence-corrected chi connectivity index (χ4v) is 2.91. The van der Waals surface area contributed by atoms with E-state index in [4.69, 9.17) is 5.26 Å². The molecule has 6 nitrogen and oxygen atoms in total. The highest BCUT2D eigenvalue weighted by Gasteiger charge is 2.22. The molecule has 2 unspecified atom stereocenters. The standard InChI is InChI=1S/C16H22N4O2/c1-12-4-3-7-19(11-12)13(2)10-18-15-6-5-14(9-17)8-16(15)20(21)22/h5-6,8,12-13,18H,3-4,7,10-11H2,1-2H3. The summed E-state index contributed by atoms with van der Waals surface area (Å²) >= 11 is 0. The first-order chi connectivity index (χ1) is 10.5. The van der Waals surface area contributed by atoms with E-state index < -0.39 is 4.92 Å². The molecule has 0 bridgehead atoms. The number of nitro groups is 1. The van der Waals surface area contributed by atoms with Gasteiger partial charge in [-0.05, 0) is 44.4 Å². The first-order valence-electron chi connectivity index (χ1n) is 7.67. The maximum Gasteiger partial charge on any atom is 0.293 e. The molecule has 1 aliphatic heterocycles. The highest BCUT2D eigenvalue weighted by molar-refractivity contribution is 5.64. The second-order valence-corrected chi connectivity index (χ2v) is 6.07. The average molecular weight is 302 g/mol. The molecular formula is C16H22N4O2. The summed E-state index contributed by atoms with van der Waals surface area (Å²) in [6.45, 7) is 7.22. The Kier molecular flexibility index (Phi) is 5.34. The molecular weight excluding hydrogens is 280 g/mol. The number of anilines is 1. The summed E-state index contributed by atoms with van der Waals surface area (Å²) in [6.07, 6.45) is 2.49. The lowest BCUT2D eigenvalue weighted by molar-refractivity contribution is -0.384. The summed E-state index contributed by atoms with van der Waals surface area (Å²) in [5, 5.41) is 23.1. The van der Waals surface area contributed by atoms with E-state index in [2.05, 4.69) is 24.1 Å². The van der Waals surface area contributed by atoms with Crippen LogP contribution in [-0.4, -0.2) is 35.5 Å². The van der Waals surface area contributed by atoms with Crippen molar-refractivity contribution in [2.24, 2.45) is 5.92 Å². The Morgan fingerprint density at radius 2 is 2.36 bits per heavy atom. The van der Waals surface area contributed by atoms with Gasteiger partial charge in [-0.15, -0.1) is 0 Å². The SMILES string of the molecule is CC1CCCN(C(C)CNc2ccc(C#N)cc2[N+](=O)[O-])C1. The molecule has 0 saturated carbocycles. The fourth-order valence-electron chi connectivity index (χ4n) is 2.91. The molecule has 1 N–H and O–H groups in total. The van der Waals surface area contributed by atoms with Gasteiger partial charge in [0.15, 0.2) is 0 Å². The molecule has 0 aliphatic carbocycles. The van der Waals surface area contributed by atoms with E-state index >= 15 is 0 Å². The maximum atomic E-state index is 11.1. The minimum absolute atomic E-state index is 0.0433. The number of piperidine rings is 1. The summed E-state index contributed by atoms with van der Waals surface area (Å²) < 4.78 is 0. The van der Waals surface area contributed by atoms with Crippen molar-refractivity contribution < 1.29 is 4.92 Å². The van der Waals surface area contributed by atoms with Crippen molar-refractivity contribution in [3.63, 3.8) is 0 Å². The second-order valence-electron chi connectivity index (χ2n) is 6.07. The normalized spacial score (nSPS) is 20.1. The zero-order valence-corrected chi connectivity index (χ0v) is 13.1. The minimum Gasteiger partial charge on any atom is -0.378 e. The van der Waals surface area contributed by atoms with Crippen LogP contribution >= 0.6 is 0 Å². The predicted octanol–water partition coefficient (Wildman–Crippen LogP) is 3.00. The summed E-state index contributed by atoms with van der Waals surface area (Å²) in [4.78, 5) is 13.1. The van der Waals surface area contributed by atoms with Crippen LogP contribution in [0.3, 0.4) is 0 Å². The van der Waals surface area contributed by atoms with Crippen molar-refractivity contribution in [1.29, 1.82) is 5.26 Å². The molecule has 2 rings (SSSR count). The van der Waals surface area contributed by atoms with Crippen molar-refractivity contribution >= 4 is 11.4 Å². The minimum atomic E-state index is -0.448. The zero-order chi connectivity index (χ0) is 16.1. The van der Waals surface area contributed by atoms with E-state index in [9.17, 15) is 10.1 Å². The molecule has 2 atom stereocenters. The number of nitrogens with zero attached hydrogens (tertiary/aromatic N) is 3. The van der Waals surface area contributed by atoms with Gasteiger partial charge in [-0.3, -0.25) is 15.0 Å². The van der Waals surface area contributed by atoms with Crippen molar-refractivity contribution in [3.05, 3.63) is 33.9 Å². The molecule has 1 fully saturated rings. The lowest BCUT2D eigenvalue weighted by atomic mass is 9.99. The van der Waals surface area contributed by atoms with E-state index in [0.717, 1.165) is 13.1 Å². The largest absolute Gasteiger partial charge is 0.378 e. The Morgan fingerprint density at radius 1 is 1.59 bits per heavy atom. The average Bonchev–Trinajstić information content (AvgIpc) is 2.52. The van der Waals surface area contributed by atoms with Gasteiger partial charge < -0.3 is 5.32 Å². The number of likely N-dealkylation sites (tertiary alicyclic amines) is 1. The van der Waals surface area contributed by atoms with Gasteiger partial charge in [-0.25, -0.2) is 0 Å². The third-order valence-corrected chi connectivity index (χ3v) is 4.22. The number of rotatable bonds is 5. The Labute approximate surface area is 130 Å². The van der Waals surface area contributed by atoms with Gasteiger partial charge in [0, 0.05) is 25.2 Å². The van der Waals surface area contributed by atoms with Crippen molar-refractivity contribution in [2.45, 2.75) is 32.7 Å². The molecule has 22 heavy (non-hydrogen) atoms. The van der Waals surface area contributed by atoms with Crippen LogP contribution in [0.4, 0.5) is 11.4 Å². The van der Waals surface area contributed by atoms with Crippen LogP contribution in [0.2, 0.25) is 0 Å². The van der Waals surface area contributed by atoms with E-state index in [-0.39, 0.29) is 5.69 Å². The summed E-state index contributed by atoms with van der Waals surface area (Å²) in [5.41, 5.74) is 0.731. The topological polar surface area (TPSA) is 82.2 Å². The molecule has 118 valence electrons. The van der Waals surface area contributed by atoms with E-state index in [1.54, 1.807) is 12.1 Å². The zero-order valence-electron chi connectivity index (χ0n) is 13.1. The lowest BCUT2D eigenvalue weighted by Gasteiger charge is -2.35. The monoisotopic (exact) mass is 302 g/mol. The van der Waals surface area contributed by atoms with Gasteiger partial charge in [0.25, 0.3) is 5.69 Å². The lowest BCUT2D eigenvalue weighted by Crippen LogP contribution is -2.43. The second kappa shape index (κ2) is 7.23. The van der Waals surface area contributed by atoms with Crippen LogP contribution in [-0.2, 0) is 0 Å². The number of nitro benzene ring substituents is 1. The number of nitriles is 1.